The number of aryl methyl sites for hydroxylation is 1. The Bertz CT molecular complexity index is 1330. The number of hydrogen-bond acceptors (Lipinski definition) is 3. The monoisotopic (exact) mass is 423 g/mol. The second kappa shape index (κ2) is 8.12. The first-order chi connectivity index (χ1) is 15.6. The molecule has 3 aromatic carbocycles. The van der Waals surface area contributed by atoms with Crippen LogP contribution in [0.1, 0.15) is 55.4 Å². The number of ketones is 1. The number of hydrogen-bond donors (Lipinski definition) is 0. The highest BCUT2D eigenvalue weighted by Gasteiger charge is 2.33. The van der Waals surface area contributed by atoms with Crippen molar-refractivity contribution in [2.45, 2.75) is 32.2 Å². The first-order valence-electron chi connectivity index (χ1n) is 10.9. The van der Waals surface area contributed by atoms with Crippen LogP contribution in [0.25, 0.3) is 10.9 Å². The highest BCUT2D eigenvalue weighted by Crippen LogP contribution is 2.40. The van der Waals surface area contributed by atoms with Crippen molar-refractivity contribution < 1.29 is 14.3 Å². The number of aromatic nitrogens is 1. The first-order valence-corrected chi connectivity index (χ1v) is 10.9. The van der Waals surface area contributed by atoms with Gasteiger partial charge in [0.15, 0.2) is 5.78 Å². The first kappa shape index (κ1) is 20.3. The average molecular weight is 424 g/mol. The molecule has 0 bridgehead atoms. The van der Waals surface area contributed by atoms with E-state index in [2.05, 4.69) is 47.9 Å². The number of carbonyl (C=O) groups excluding carboxylic acids is 2. The molecule has 0 aliphatic heterocycles. The zero-order valence-electron chi connectivity index (χ0n) is 18.3. The van der Waals surface area contributed by atoms with E-state index < -0.39 is 5.97 Å². The molecule has 0 saturated heterocycles. The highest BCUT2D eigenvalue weighted by atomic mass is 16.5. The van der Waals surface area contributed by atoms with E-state index >= 15 is 0 Å². The zero-order valence-corrected chi connectivity index (χ0v) is 18.3. The standard InChI is InChI=1S/C28H25NO3/c1-18-8-6-9-19(14-18)17-29-23-13-7-12-22(28(31)32-2)26(23)27-24(29)15-21(16-25(27)30)20-10-4-3-5-11-20/h3-14,21H,15-17H2,1-2H3. The molecular formula is C28H25NO3. The fraction of sp³-hybridized carbons (Fsp3) is 0.214. The molecule has 0 N–H and O–H groups in total. The summed E-state index contributed by atoms with van der Waals surface area (Å²) in [7, 11) is 1.38. The number of rotatable bonds is 4. The topological polar surface area (TPSA) is 48.3 Å². The predicted octanol–water partition coefficient (Wildman–Crippen LogP) is 5.70. The molecule has 32 heavy (non-hydrogen) atoms. The summed E-state index contributed by atoms with van der Waals surface area (Å²) in [5.74, 6) is -0.202. The summed E-state index contributed by atoms with van der Waals surface area (Å²) >= 11 is 0. The second-order valence-electron chi connectivity index (χ2n) is 8.53. The summed E-state index contributed by atoms with van der Waals surface area (Å²) in [6.45, 7) is 2.73. The molecular weight excluding hydrogens is 398 g/mol. The van der Waals surface area contributed by atoms with Crippen molar-refractivity contribution >= 4 is 22.7 Å². The summed E-state index contributed by atoms with van der Waals surface area (Å²) in [4.78, 5) is 26.1. The van der Waals surface area contributed by atoms with Crippen molar-refractivity contribution in [2.75, 3.05) is 7.11 Å². The van der Waals surface area contributed by atoms with Gasteiger partial charge in [0.25, 0.3) is 0 Å². The van der Waals surface area contributed by atoms with Crippen LogP contribution in [0.2, 0.25) is 0 Å². The summed E-state index contributed by atoms with van der Waals surface area (Å²) in [5.41, 5.74) is 6.58. The number of Topliss-reactive ketones (excluding diaryl/α,β-unsaturated/α-hetero) is 1. The number of esters is 1. The van der Waals surface area contributed by atoms with E-state index in [0.29, 0.717) is 24.1 Å². The Morgan fingerprint density at radius 2 is 1.78 bits per heavy atom. The van der Waals surface area contributed by atoms with Gasteiger partial charge in [-0.05, 0) is 42.5 Å². The van der Waals surface area contributed by atoms with Crippen molar-refractivity contribution in [3.05, 3.63) is 106 Å². The molecule has 1 aliphatic carbocycles. The Kier molecular flexibility index (Phi) is 5.14. The molecule has 1 aromatic heterocycles. The number of methoxy groups -OCH3 is 1. The fourth-order valence-corrected chi connectivity index (χ4v) is 5.01. The Morgan fingerprint density at radius 1 is 1.00 bits per heavy atom. The lowest BCUT2D eigenvalue weighted by molar-refractivity contribution is 0.0603. The molecule has 0 radical (unpaired) electrons. The van der Waals surface area contributed by atoms with Gasteiger partial charge in [0.2, 0.25) is 0 Å². The lowest BCUT2D eigenvalue weighted by Gasteiger charge is -2.24. The molecule has 1 aliphatic rings. The molecule has 1 atom stereocenters. The molecule has 4 aromatic rings. The van der Waals surface area contributed by atoms with Crippen LogP contribution in [-0.2, 0) is 17.7 Å². The third-order valence-electron chi connectivity index (χ3n) is 6.45. The van der Waals surface area contributed by atoms with Gasteiger partial charge in [-0.3, -0.25) is 4.79 Å². The lowest BCUT2D eigenvalue weighted by Crippen LogP contribution is -2.21. The van der Waals surface area contributed by atoms with Crippen LogP contribution >= 0.6 is 0 Å². The molecule has 0 saturated carbocycles. The third kappa shape index (κ3) is 3.42. The maximum absolute atomic E-state index is 13.5. The smallest absolute Gasteiger partial charge is 0.338 e. The molecule has 1 unspecified atom stereocenters. The van der Waals surface area contributed by atoms with E-state index in [-0.39, 0.29) is 11.7 Å². The van der Waals surface area contributed by atoms with Gasteiger partial charge >= 0.3 is 5.97 Å². The van der Waals surface area contributed by atoms with Crippen LogP contribution in [-0.4, -0.2) is 23.4 Å². The minimum absolute atomic E-state index is 0.0875. The van der Waals surface area contributed by atoms with Crippen LogP contribution < -0.4 is 0 Å². The molecule has 0 spiro atoms. The number of benzene rings is 3. The predicted molar refractivity (Wildman–Crippen MR) is 125 cm³/mol. The van der Waals surface area contributed by atoms with E-state index in [0.717, 1.165) is 23.0 Å². The number of fused-ring (bicyclic) bond motifs is 3. The number of carbonyl (C=O) groups is 2. The summed E-state index contributed by atoms with van der Waals surface area (Å²) < 4.78 is 7.27. The van der Waals surface area contributed by atoms with Crippen molar-refractivity contribution in [1.82, 2.24) is 4.57 Å². The van der Waals surface area contributed by atoms with Crippen molar-refractivity contribution in [1.29, 1.82) is 0 Å². The third-order valence-corrected chi connectivity index (χ3v) is 6.45. The SMILES string of the molecule is COC(=O)c1cccc2c1c1c(n2Cc2cccc(C)c2)CC(c2ccccc2)CC1=O. The van der Waals surface area contributed by atoms with Crippen molar-refractivity contribution in [2.24, 2.45) is 0 Å². The van der Waals surface area contributed by atoms with Crippen LogP contribution in [0.5, 0.6) is 0 Å². The number of ether oxygens (including phenoxy) is 1. The lowest BCUT2D eigenvalue weighted by atomic mass is 9.81. The average Bonchev–Trinajstić information content (AvgIpc) is 3.13. The highest BCUT2D eigenvalue weighted by molar-refractivity contribution is 6.16. The summed E-state index contributed by atoms with van der Waals surface area (Å²) in [5, 5.41) is 0.721. The minimum Gasteiger partial charge on any atom is -0.465 e. The van der Waals surface area contributed by atoms with Crippen LogP contribution in [0.15, 0.2) is 72.8 Å². The summed E-state index contributed by atoms with van der Waals surface area (Å²) in [6.07, 6.45) is 1.20. The molecule has 160 valence electrons. The maximum Gasteiger partial charge on any atom is 0.338 e. The van der Waals surface area contributed by atoms with E-state index in [9.17, 15) is 9.59 Å². The Labute approximate surface area is 187 Å². The van der Waals surface area contributed by atoms with Gasteiger partial charge in [0, 0.05) is 29.6 Å². The second-order valence-corrected chi connectivity index (χ2v) is 8.53. The summed E-state index contributed by atoms with van der Waals surface area (Å²) in [6, 6.07) is 24.3. The zero-order chi connectivity index (χ0) is 22.2. The van der Waals surface area contributed by atoms with Crippen molar-refractivity contribution in [3.8, 4) is 0 Å². The molecule has 0 fully saturated rings. The van der Waals surface area contributed by atoms with Crippen LogP contribution in [0, 0.1) is 6.92 Å². The normalized spacial score (nSPS) is 15.6. The largest absolute Gasteiger partial charge is 0.465 e. The number of nitrogens with zero attached hydrogens (tertiary/aromatic N) is 1. The Balaban J connectivity index is 1.73. The molecule has 4 heteroatoms. The van der Waals surface area contributed by atoms with Crippen LogP contribution in [0.4, 0.5) is 0 Å². The van der Waals surface area contributed by atoms with E-state index in [1.807, 2.05) is 30.3 Å². The van der Waals surface area contributed by atoms with Crippen molar-refractivity contribution in [3.63, 3.8) is 0 Å². The fourth-order valence-electron chi connectivity index (χ4n) is 5.01. The minimum atomic E-state index is -0.413. The van der Waals surface area contributed by atoms with Gasteiger partial charge in [0.05, 0.1) is 18.2 Å². The Hall–Kier alpha value is -3.66. The van der Waals surface area contributed by atoms with Gasteiger partial charge < -0.3 is 9.30 Å². The quantitative estimate of drug-likeness (QED) is 0.396. The van der Waals surface area contributed by atoms with Gasteiger partial charge in [-0.15, -0.1) is 0 Å². The van der Waals surface area contributed by atoms with Crippen LogP contribution in [0.3, 0.4) is 0 Å². The van der Waals surface area contributed by atoms with Gasteiger partial charge in [-0.2, -0.15) is 0 Å². The van der Waals surface area contributed by atoms with E-state index in [4.69, 9.17) is 4.74 Å². The Morgan fingerprint density at radius 3 is 2.53 bits per heavy atom. The molecule has 1 heterocycles. The van der Waals surface area contributed by atoms with E-state index in [1.54, 1.807) is 6.07 Å². The molecule has 4 nitrogen and oxygen atoms in total. The van der Waals surface area contributed by atoms with E-state index in [1.165, 1.54) is 23.8 Å². The van der Waals surface area contributed by atoms with Gasteiger partial charge in [-0.1, -0.05) is 66.2 Å². The van der Waals surface area contributed by atoms with Gasteiger partial charge in [-0.25, -0.2) is 4.79 Å². The maximum atomic E-state index is 13.5. The van der Waals surface area contributed by atoms with Gasteiger partial charge in [0.1, 0.15) is 0 Å². The molecule has 5 rings (SSSR count). The molecule has 0 amide bonds.